The van der Waals surface area contributed by atoms with Crippen LogP contribution in [0.1, 0.15) is 18.5 Å². The van der Waals surface area contributed by atoms with Crippen LogP contribution < -0.4 is 15.4 Å². The third-order valence-corrected chi connectivity index (χ3v) is 5.28. The summed E-state index contributed by atoms with van der Waals surface area (Å²) in [4.78, 5) is 12.5. The van der Waals surface area contributed by atoms with Crippen molar-refractivity contribution in [2.45, 2.75) is 13.0 Å². The second kappa shape index (κ2) is 8.15. The minimum Gasteiger partial charge on any atom is -0.495 e. The summed E-state index contributed by atoms with van der Waals surface area (Å²) in [5.41, 5.74) is 3.22. The van der Waals surface area contributed by atoms with Crippen molar-refractivity contribution in [1.29, 1.82) is 0 Å². The number of rotatable bonds is 6. The van der Waals surface area contributed by atoms with Crippen molar-refractivity contribution < 1.29 is 19.3 Å². The molecule has 1 aromatic heterocycles. The molecule has 0 aliphatic carbocycles. The highest BCUT2D eigenvalue weighted by Gasteiger charge is 2.16. The zero-order valence-electron chi connectivity index (χ0n) is 16.2. The number of amides is 1. The first-order valence-electron chi connectivity index (χ1n) is 9.43. The lowest BCUT2D eigenvalue weighted by Gasteiger charge is -2.13. The molecule has 4 aromatic rings. The fourth-order valence-electron chi connectivity index (χ4n) is 3.41. The minimum absolute atomic E-state index is 0.112. The fourth-order valence-corrected chi connectivity index (χ4v) is 3.53. The van der Waals surface area contributed by atoms with Crippen LogP contribution in [0.15, 0.2) is 65.1 Å². The molecule has 0 radical (unpaired) electrons. The molecule has 0 saturated carbocycles. The lowest BCUT2D eigenvalue weighted by molar-refractivity contribution is -0.682. The van der Waals surface area contributed by atoms with Gasteiger partial charge in [-0.05, 0) is 31.2 Å². The summed E-state index contributed by atoms with van der Waals surface area (Å²) in [6, 6.07) is 19.3. The number of hydrogen-bond donors (Lipinski definition) is 2. The quantitative estimate of drug-likeness (QED) is 0.492. The SMILES string of the molecule is COc1cc2c(cc1NC(=O)C[NH2+][C@H](C)c1ccc(Cl)cc1)oc1ccccc12. The highest BCUT2D eigenvalue weighted by Crippen LogP contribution is 2.36. The third-order valence-electron chi connectivity index (χ3n) is 5.03. The largest absolute Gasteiger partial charge is 0.495 e. The summed E-state index contributed by atoms with van der Waals surface area (Å²) < 4.78 is 11.4. The van der Waals surface area contributed by atoms with Crippen LogP contribution in [0.4, 0.5) is 5.69 Å². The molecule has 0 saturated heterocycles. The first-order chi connectivity index (χ1) is 14.0. The lowest BCUT2D eigenvalue weighted by atomic mass is 10.1. The van der Waals surface area contributed by atoms with E-state index in [1.54, 1.807) is 7.11 Å². The van der Waals surface area contributed by atoms with Gasteiger partial charge in [0.2, 0.25) is 0 Å². The van der Waals surface area contributed by atoms with Gasteiger partial charge in [-0.2, -0.15) is 0 Å². The second-order valence-electron chi connectivity index (χ2n) is 6.98. The van der Waals surface area contributed by atoms with Gasteiger partial charge in [-0.15, -0.1) is 0 Å². The van der Waals surface area contributed by atoms with Gasteiger partial charge in [0.25, 0.3) is 5.91 Å². The van der Waals surface area contributed by atoms with Gasteiger partial charge in [0, 0.05) is 27.4 Å². The molecule has 0 aliphatic heterocycles. The average molecular weight is 410 g/mol. The van der Waals surface area contributed by atoms with Crippen LogP contribution in [-0.4, -0.2) is 19.6 Å². The maximum atomic E-state index is 12.5. The van der Waals surface area contributed by atoms with Gasteiger partial charge in [0.05, 0.1) is 12.8 Å². The number of hydrogen-bond acceptors (Lipinski definition) is 3. The van der Waals surface area contributed by atoms with E-state index >= 15 is 0 Å². The van der Waals surface area contributed by atoms with Crippen LogP contribution in [0.2, 0.25) is 5.02 Å². The molecular formula is C23H22ClN2O3+. The Morgan fingerprint density at radius 1 is 1.10 bits per heavy atom. The number of fused-ring (bicyclic) bond motifs is 3. The normalized spacial score (nSPS) is 12.2. The number of quaternary nitrogens is 1. The number of benzene rings is 3. The lowest BCUT2D eigenvalue weighted by Crippen LogP contribution is -2.86. The van der Waals surface area contributed by atoms with Crippen molar-refractivity contribution in [2.75, 3.05) is 19.0 Å². The molecule has 0 aliphatic rings. The topological polar surface area (TPSA) is 68.1 Å². The number of furan rings is 1. The fraction of sp³-hybridized carbons (Fsp3) is 0.174. The standard InChI is InChI=1S/C23H21ClN2O3/c1-14(15-7-9-16(24)10-8-15)25-13-23(27)26-19-12-21-18(11-22(19)28-2)17-5-3-4-6-20(17)29-21/h3-12,14,25H,13H2,1-2H3,(H,26,27)/p+1/t14-/m1/s1. The van der Waals surface area contributed by atoms with Crippen molar-refractivity contribution in [3.63, 3.8) is 0 Å². The maximum Gasteiger partial charge on any atom is 0.279 e. The molecule has 5 nitrogen and oxygen atoms in total. The molecule has 148 valence electrons. The van der Waals surface area contributed by atoms with Crippen LogP contribution in [-0.2, 0) is 4.79 Å². The number of carbonyl (C=O) groups excluding carboxylic acids is 1. The Hall–Kier alpha value is -3.02. The maximum absolute atomic E-state index is 12.5. The van der Waals surface area contributed by atoms with Crippen molar-refractivity contribution in [1.82, 2.24) is 0 Å². The first kappa shape index (κ1) is 19.3. The average Bonchev–Trinajstić information content (AvgIpc) is 3.09. The number of para-hydroxylation sites is 1. The second-order valence-corrected chi connectivity index (χ2v) is 7.41. The number of nitrogens with one attached hydrogen (secondary N) is 1. The molecule has 3 aromatic carbocycles. The molecule has 3 N–H and O–H groups in total. The number of carbonyl (C=O) groups is 1. The summed E-state index contributed by atoms with van der Waals surface area (Å²) in [6.07, 6.45) is 0. The molecule has 6 heteroatoms. The summed E-state index contributed by atoms with van der Waals surface area (Å²) in [7, 11) is 1.59. The van der Waals surface area contributed by atoms with E-state index in [-0.39, 0.29) is 18.5 Å². The molecule has 0 fully saturated rings. The van der Waals surface area contributed by atoms with Crippen molar-refractivity contribution in [3.8, 4) is 5.75 Å². The number of anilines is 1. The van der Waals surface area contributed by atoms with Crippen LogP contribution in [0.3, 0.4) is 0 Å². The number of nitrogens with two attached hydrogens (primary N) is 1. The van der Waals surface area contributed by atoms with Gasteiger partial charge in [0.15, 0.2) is 6.54 Å². The van der Waals surface area contributed by atoms with E-state index in [0.717, 1.165) is 21.9 Å². The van der Waals surface area contributed by atoms with E-state index in [9.17, 15) is 4.79 Å². The van der Waals surface area contributed by atoms with E-state index in [1.165, 1.54) is 0 Å². The number of ether oxygens (including phenoxy) is 1. The predicted molar refractivity (Wildman–Crippen MR) is 116 cm³/mol. The van der Waals surface area contributed by atoms with Gasteiger partial charge in [-0.1, -0.05) is 41.9 Å². The van der Waals surface area contributed by atoms with E-state index in [4.69, 9.17) is 20.8 Å². The van der Waals surface area contributed by atoms with Gasteiger partial charge in [-0.3, -0.25) is 4.79 Å². The molecule has 1 heterocycles. The molecule has 1 amide bonds. The van der Waals surface area contributed by atoms with Crippen molar-refractivity contribution >= 4 is 45.1 Å². The van der Waals surface area contributed by atoms with E-state index < -0.39 is 0 Å². The van der Waals surface area contributed by atoms with Crippen LogP contribution in [0.5, 0.6) is 5.75 Å². The highest BCUT2D eigenvalue weighted by atomic mass is 35.5. The summed E-state index contributed by atoms with van der Waals surface area (Å²) in [5, 5.41) is 7.59. The van der Waals surface area contributed by atoms with E-state index in [2.05, 4.69) is 12.2 Å². The number of methoxy groups -OCH3 is 1. The summed E-state index contributed by atoms with van der Waals surface area (Å²) >= 11 is 5.94. The Bertz CT molecular complexity index is 1170. The molecule has 0 spiro atoms. The van der Waals surface area contributed by atoms with Gasteiger partial charge >= 0.3 is 0 Å². The Kier molecular flexibility index (Phi) is 5.43. The molecular weight excluding hydrogens is 388 g/mol. The summed E-state index contributed by atoms with van der Waals surface area (Å²) in [6.45, 7) is 2.34. The Morgan fingerprint density at radius 2 is 1.86 bits per heavy atom. The van der Waals surface area contributed by atoms with Gasteiger partial charge < -0.3 is 19.8 Å². The Balaban J connectivity index is 1.49. The monoisotopic (exact) mass is 409 g/mol. The predicted octanol–water partition coefficient (Wildman–Crippen LogP) is 4.51. The first-order valence-corrected chi connectivity index (χ1v) is 9.81. The summed E-state index contributed by atoms with van der Waals surface area (Å²) in [5.74, 6) is 0.489. The van der Waals surface area contributed by atoms with Crippen LogP contribution in [0.25, 0.3) is 21.9 Å². The minimum atomic E-state index is -0.112. The third kappa shape index (κ3) is 4.06. The number of halogens is 1. The van der Waals surface area contributed by atoms with Crippen molar-refractivity contribution in [3.05, 3.63) is 71.2 Å². The zero-order valence-corrected chi connectivity index (χ0v) is 17.0. The van der Waals surface area contributed by atoms with Gasteiger partial charge in [0.1, 0.15) is 23.0 Å². The van der Waals surface area contributed by atoms with E-state index in [1.807, 2.05) is 66.0 Å². The molecule has 29 heavy (non-hydrogen) atoms. The van der Waals surface area contributed by atoms with E-state index in [0.29, 0.717) is 22.0 Å². The highest BCUT2D eigenvalue weighted by molar-refractivity contribution is 6.30. The van der Waals surface area contributed by atoms with Crippen molar-refractivity contribution in [2.24, 2.45) is 0 Å². The van der Waals surface area contributed by atoms with Crippen LogP contribution in [0, 0.1) is 0 Å². The Labute approximate surface area is 173 Å². The zero-order chi connectivity index (χ0) is 20.4. The molecule has 4 rings (SSSR count). The molecule has 1 atom stereocenters. The van der Waals surface area contributed by atoms with Crippen LogP contribution >= 0.6 is 11.6 Å². The molecule has 0 bridgehead atoms. The molecule has 0 unspecified atom stereocenters. The smallest absolute Gasteiger partial charge is 0.279 e. The van der Waals surface area contributed by atoms with Gasteiger partial charge in [-0.25, -0.2) is 0 Å². The Morgan fingerprint density at radius 3 is 2.62 bits per heavy atom.